The van der Waals surface area contributed by atoms with Gasteiger partial charge in [0.25, 0.3) is 0 Å². The van der Waals surface area contributed by atoms with E-state index in [1.54, 1.807) is 0 Å². The van der Waals surface area contributed by atoms with Crippen LogP contribution in [0.5, 0.6) is 0 Å². The van der Waals surface area contributed by atoms with E-state index in [9.17, 15) is 4.79 Å². The van der Waals surface area contributed by atoms with Crippen LogP contribution in [0.2, 0.25) is 0 Å². The molecule has 3 rings (SSSR count). The lowest BCUT2D eigenvalue weighted by Crippen LogP contribution is -2.49. The number of carbonyl (C=O) groups excluding carboxylic acids is 1. The Morgan fingerprint density at radius 2 is 2.13 bits per heavy atom. The second kappa shape index (κ2) is 7.93. The van der Waals surface area contributed by atoms with Crippen LogP contribution in [0, 0.1) is 5.92 Å². The van der Waals surface area contributed by atoms with Gasteiger partial charge in [-0.3, -0.25) is 9.69 Å². The van der Waals surface area contributed by atoms with Gasteiger partial charge < -0.3 is 10.1 Å². The summed E-state index contributed by atoms with van der Waals surface area (Å²) in [6.07, 6.45) is 4.17. The Hall–Kier alpha value is -1.39. The van der Waals surface area contributed by atoms with Crippen molar-refractivity contribution in [3.05, 3.63) is 35.9 Å². The molecule has 4 heteroatoms. The Balaban J connectivity index is 1.49. The van der Waals surface area contributed by atoms with Crippen molar-refractivity contribution in [3.63, 3.8) is 0 Å². The fourth-order valence-corrected chi connectivity index (χ4v) is 3.71. The normalized spacial score (nSPS) is 29.2. The van der Waals surface area contributed by atoms with Crippen molar-refractivity contribution in [1.82, 2.24) is 10.2 Å². The van der Waals surface area contributed by atoms with Crippen molar-refractivity contribution in [2.24, 2.45) is 5.92 Å². The Labute approximate surface area is 139 Å². The van der Waals surface area contributed by atoms with Crippen LogP contribution in [0.4, 0.5) is 0 Å². The quantitative estimate of drug-likeness (QED) is 0.928. The van der Waals surface area contributed by atoms with Crippen LogP contribution < -0.4 is 5.32 Å². The van der Waals surface area contributed by atoms with Gasteiger partial charge in [0.1, 0.15) is 0 Å². The first-order chi connectivity index (χ1) is 11.2. The summed E-state index contributed by atoms with van der Waals surface area (Å²) in [4.78, 5) is 14.9. The van der Waals surface area contributed by atoms with Gasteiger partial charge in [-0.15, -0.1) is 0 Å². The van der Waals surface area contributed by atoms with Gasteiger partial charge in [0.2, 0.25) is 5.91 Å². The molecule has 0 bridgehead atoms. The van der Waals surface area contributed by atoms with Crippen molar-refractivity contribution in [1.29, 1.82) is 0 Å². The summed E-state index contributed by atoms with van der Waals surface area (Å²) in [6, 6.07) is 10.9. The van der Waals surface area contributed by atoms with Crippen LogP contribution in [0.25, 0.3) is 0 Å². The summed E-state index contributed by atoms with van der Waals surface area (Å²) in [6.45, 7) is 5.82. The molecule has 2 saturated heterocycles. The summed E-state index contributed by atoms with van der Waals surface area (Å²) in [5.41, 5.74) is 1.35. The lowest BCUT2D eigenvalue weighted by atomic mass is 9.94. The molecule has 2 heterocycles. The number of benzene rings is 1. The second-order valence-corrected chi connectivity index (χ2v) is 6.97. The molecule has 2 aliphatic heterocycles. The summed E-state index contributed by atoms with van der Waals surface area (Å²) >= 11 is 0. The Morgan fingerprint density at radius 1 is 1.30 bits per heavy atom. The number of amides is 1. The van der Waals surface area contributed by atoms with Gasteiger partial charge in [0.05, 0.1) is 6.10 Å². The molecule has 1 amide bonds. The van der Waals surface area contributed by atoms with Gasteiger partial charge >= 0.3 is 0 Å². The maximum absolute atomic E-state index is 12.5. The van der Waals surface area contributed by atoms with E-state index in [1.807, 2.05) is 0 Å². The van der Waals surface area contributed by atoms with Crippen LogP contribution in [-0.2, 0) is 16.1 Å². The van der Waals surface area contributed by atoms with Crippen molar-refractivity contribution in [2.75, 3.05) is 19.7 Å². The van der Waals surface area contributed by atoms with Gasteiger partial charge in [0.15, 0.2) is 0 Å². The van der Waals surface area contributed by atoms with E-state index in [0.29, 0.717) is 6.61 Å². The number of ether oxygens (including phenoxy) is 1. The molecular formula is C19H28N2O2. The minimum atomic E-state index is 0.128. The molecule has 0 spiro atoms. The van der Waals surface area contributed by atoms with Gasteiger partial charge in [-0.25, -0.2) is 0 Å². The van der Waals surface area contributed by atoms with Crippen LogP contribution in [0.1, 0.15) is 38.2 Å². The molecule has 0 radical (unpaired) electrons. The lowest BCUT2D eigenvalue weighted by molar-refractivity contribution is -0.130. The number of nitrogens with zero attached hydrogens (tertiary/aromatic N) is 1. The predicted molar refractivity (Wildman–Crippen MR) is 91.0 cm³/mol. The number of carbonyl (C=O) groups is 1. The zero-order valence-electron chi connectivity index (χ0n) is 14.0. The smallest absolute Gasteiger partial charge is 0.223 e. The molecule has 3 unspecified atom stereocenters. The highest BCUT2D eigenvalue weighted by atomic mass is 16.5. The highest BCUT2D eigenvalue weighted by Crippen LogP contribution is 2.21. The number of rotatable bonds is 4. The monoisotopic (exact) mass is 316 g/mol. The van der Waals surface area contributed by atoms with Crippen molar-refractivity contribution < 1.29 is 9.53 Å². The average Bonchev–Trinajstić information content (AvgIpc) is 2.56. The molecule has 0 aromatic heterocycles. The molecule has 126 valence electrons. The van der Waals surface area contributed by atoms with Crippen LogP contribution >= 0.6 is 0 Å². The Morgan fingerprint density at radius 3 is 2.91 bits per heavy atom. The van der Waals surface area contributed by atoms with Crippen LogP contribution in [0.15, 0.2) is 30.3 Å². The summed E-state index contributed by atoms with van der Waals surface area (Å²) in [7, 11) is 0. The summed E-state index contributed by atoms with van der Waals surface area (Å²) in [5.74, 6) is 0.356. The first kappa shape index (κ1) is 16.5. The van der Waals surface area contributed by atoms with E-state index in [2.05, 4.69) is 47.5 Å². The average molecular weight is 316 g/mol. The molecule has 1 N–H and O–H groups in total. The highest BCUT2D eigenvalue weighted by molar-refractivity contribution is 5.79. The number of hydrogen-bond acceptors (Lipinski definition) is 3. The van der Waals surface area contributed by atoms with E-state index >= 15 is 0 Å². The van der Waals surface area contributed by atoms with E-state index in [4.69, 9.17) is 4.74 Å². The Kier molecular flexibility index (Phi) is 5.68. The molecule has 23 heavy (non-hydrogen) atoms. The molecule has 4 nitrogen and oxygen atoms in total. The van der Waals surface area contributed by atoms with Crippen molar-refractivity contribution >= 4 is 5.91 Å². The summed E-state index contributed by atoms with van der Waals surface area (Å²) < 4.78 is 5.54. The van der Waals surface area contributed by atoms with Gasteiger partial charge in [0, 0.05) is 31.7 Å². The van der Waals surface area contributed by atoms with Gasteiger partial charge in [-0.2, -0.15) is 0 Å². The van der Waals surface area contributed by atoms with Gasteiger partial charge in [-0.05, 0) is 44.7 Å². The first-order valence-electron chi connectivity index (χ1n) is 8.89. The number of hydrogen-bond donors (Lipinski definition) is 1. The molecule has 0 saturated carbocycles. The standard InChI is InChI=1S/C19H28N2O2/c1-15-12-17(9-11-23-15)19(22)20-18-8-5-10-21(14-18)13-16-6-3-2-4-7-16/h2-4,6-7,15,17-18H,5,8-14H2,1H3,(H,20,22). The fourth-order valence-electron chi connectivity index (χ4n) is 3.71. The van der Waals surface area contributed by atoms with Crippen molar-refractivity contribution in [2.45, 2.75) is 51.3 Å². The SMILES string of the molecule is CC1CC(C(=O)NC2CCCN(Cc3ccccc3)C2)CCO1. The topological polar surface area (TPSA) is 41.6 Å². The van der Waals surface area contributed by atoms with Gasteiger partial charge in [-0.1, -0.05) is 30.3 Å². The molecule has 1 aromatic rings. The molecule has 0 aliphatic carbocycles. The zero-order chi connectivity index (χ0) is 16.1. The van der Waals surface area contributed by atoms with Crippen LogP contribution in [0.3, 0.4) is 0 Å². The fraction of sp³-hybridized carbons (Fsp3) is 0.632. The minimum Gasteiger partial charge on any atom is -0.378 e. The molecule has 2 aliphatic rings. The van der Waals surface area contributed by atoms with E-state index in [1.165, 1.54) is 5.56 Å². The second-order valence-electron chi connectivity index (χ2n) is 6.97. The maximum Gasteiger partial charge on any atom is 0.223 e. The first-order valence-corrected chi connectivity index (χ1v) is 8.89. The molecule has 2 fully saturated rings. The third-order valence-corrected chi connectivity index (χ3v) is 4.96. The van der Waals surface area contributed by atoms with E-state index in [0.717, 1.165) is 45.3 Å². The molecular weight excluding hydrogens is 288 g/mol. The van der Waals surface area contributed by atoms with Crippen molar-refractivity contribution in [3.8, 4) is 0 Å². The predicted octanol–water partition coefficient (Wildman–Crippen LogP) is 2.58. The maximum atomic E-state index is 12.5. The highest BCUT2D eigenvalue weighted by Gasteiger charge is 2.28. The van der Waals surface area contributed by atoms with E-state index < -0.39 is 0 Å². The lowest BCUT2D eigenvalue weighted by Gasteiger charge is -2.34. The van der Waals surface area contributed by atoms with E-state index in [-0.39, 0.29) is 24.0 Å². The number of piperidine rings is 1. The number of nitrogens with one attached hydrogen (secondary N) is 1. The third kappa shape index (κ3) is 4.79. The largest absolute Gasteiger partial charge is 0.378 e. The summed E-state index contributed by atoms with van der Waals surface area (Å²) in [5, 5.41) is 3.29. The number of likely N-dealkylation sites (tertiary alicyclic amines) is 1. The van der Waals surface area contributed by atoms with Crippen LogP contribution in [-0.4, -0.2) is 42.6 Å². The minimum absolute atomic E-state index is 0.128. The third-order valence-electron chi connectivity index (χ3n) is 4.96. The zero-order valence-corrected chi connectivity index (χ0v) is 14.0. The Bertz CT molecular complexity index is 505. The molecule has 3 atom stereocenters. The molecule has 1 aromatic carbocycles.